The second-order valence-electron chi connectivity index (χ2n) is 5.04. The summed E-state index contributed by atoms with van der Waals surface area (Å²) in [5.41, 5.74) is 3.33. The van der Waals surface area contributed by atoms with Gasteiger partial charge in [-0.1, -0.05) is 23.2 Å². The maximum Gasteiger partial charge on any atom is 0.255 e. The summed E-state index contributed by atoms with van der Waals surface area (Å²) in [6, 6.07) is 3.95. The van der Waals surface area contributed by atoms with Gasteiger partial charge in [0.2, 0.25) is 0 Å². The average Bonchev–Trinajstić information content (AvgIpc) is 2.90. The van der Waals surface area contributed by atoms with E-state index in [1.54, 1.807) is 4.90 Å². The van der Waals surface area contributed by atoms with Crippen LogP contribution < -0.4 is 0 Å². The first-order chi connectivity index (χ1) is 9.66. The number of carbonyl (C=O) groups excluding carboxylic acids is 1. The molecule has 106 valence electrons. The predicted molar refractivity (Wildman–Crippen MR) is 80.1 cm³/mol. The lowest BCUT2D eigenvalue weighted by atomic mass is 9.90. The Morgan fingerprint density at radius 3 is 2.85 bits per heavy atom. The minimum Gasteiger partial charge on any atom is -0.360 e. The summed E-state index contributed by atoms with van der Waals surface area (Å²) in [7, 11) is 0. The monoisotopic (exact) mass is 311 g/mol. The number of nitrogens with one attached hydrogen (secondary N) is 1. The van der Waals surface area contributed by atoms with E-state index in [-0.39, 0.29) is 5.91 Å². The number of aromatic nitrogens is 2. The highest BCUT2D eigenvalue weighted by atomic mass is 35.5. The first-order valence-electron chi connectivity index (χ1n) is 6.65. The second kappa shape index (κ2) is 5.62. The highest BCUT2D eigenvalue weighted by molar-refractivity contribution is 6.53. The molecule has 0 saturated carbocycles. The van der Waals surface area contributed by atoms with E-state index < -0.39 is 4.84 Å². The summed E-state index contributed by atoms with van der Waals surface area (Å²) in [6.45, 7) is 1.39. The molecule has 0 spiro atoms. The molecule has 0 aromatic carbocycles. The third-order valence-electron chi connectivity index (χ3n) is 3.90. The van der Waals surface area contributed by atoms with E-state index in [1.807, 2.05) is 24.5 Å². The molecule has 1 aliphatic heterocycles. The quantitative estimate of drug-likeness (QED) is 0.866. The van der Waals surface area contributed by atoms with Crippen LogP contribution in [0.4, 0.5) is 0 Å². The summed E-state index contributed by atoms with van der Waals surface area (Å²) in [5, 5.41) is 0. The molecule has 2 aromatic rings. The molecular weight excluding hydrogens is 297 g/mol. The number of H-pyrrole nitrogens is 1. The van der Waals surface area contributed by atoms with Gasteiger partial charge >= 0.3 is 0 Å². The molecule has 1 fully saturated rings. The molecule has 0 unspecified atom stereocenters. The van der Waals surface area contributed by atoms with Gasteiger partial charge in [-0.3, -0.25) is 9.78 Å². The SMILES string of the molecule is O=C(C(Cl)Cl)N1CCC(c2c[nH]c3cccnc23)CC1. The van der Waals surface area contributed by atoms with Crippen LogP contribution in [0.2, 0.25) is 0 Å². The maximum atomic E-state index is 11.7. The lowest BCUT2D eigenvalue weighted by Gasteiger charge is -2.32. The largest absolute Gasteiger partial charge is 0.360 e. The van der Waals surface area contributed by atoms with Crippen LogP contribution in [0.15, 0.2) is 24.5 Å². The van der Waals surface area contributed by atoms with Gasteiger partial charge in [-0.25, -0.2) is 0 Å². The Balaban J connectivity index is 1.74. The van der Waals surface area contributed by atoms with Crippen molar-refractivity contribution < 1.29 is 4.79 Å². The summed E-state index contributed by atoms with van der Waals surface area (Å²) in [4.78, 5) is 20.2. The Morgan fingerprint density at radius 2 is 2.15 bits per heavy atom. The van der Waals surface area contributed by atoms with Crippen LogP contribution >= 0.6 is 23.2 Å². The summed E-state index contributed by atoms with van der Waals surface area (Å²) >= 11 is 11.3. The molecule has 6 heteroatoms. The van der Waals surface area contributed by atoms with E-state index in [2.05, 4.69) is 9.97 Å². The standard InChI is InChI=1S/C14H15Cl2N3O/c15-13(16)14(20)19-6-3-9(4-7-19)10-8-18-11-2-1-5-17-12(10)11/h1-2,5,8-9,13,18H,3-4,6-7H2. The number of alkyl halides is 2. The van der Waals surface area contributed by atoms with Crippen molar-refractivity contribution in [2.45, 2.75) is 23.6 Å². The van der Waals surface area contributed by atoms with Gasteiger partial charge in [0.1, 0.15) is 0 Å². The number of fused-ring (bicyclic) bond motifs is 1. The highest BCUT2D eigenvalue weighted by Crippen LogP contribution is 2.32. The number of pyridine rings is 1. The minimum absolute atomic E-state index is 0.191. The molecule has 1 aliphatic rings. The van der Waals surface area contributed by atoms with E-state index in [0.29, 0.717) is 19.0 Å². The van der Waals surface area contributed by atoms with E-state index in [4.69, 9.17) is 23.2 Å². The third kappa shape index (κ3) is 2.50. The van der Waals surface area contributed by atoms with Gasteiger partial charge in [-0.05, 0) is 36.5 Å². The zero-order chi connectivity index (χ0) is 14.1. The number of hydrogen-bond donors (Lipinski definition) is 1. The summed E-state index contributed by atoms with van der Waals surface area (Å²) in [5.74, 6) is 0.232. The molecule has 1 saturated heterocycles. The van der Waals surface area contributed by atoms with Crippen molar-refractivity contribution in [3.8, 4) is 0 Å². The third-order valence-corrected chi connectivity index (χ3v) is 4.27. The van der Waals surface area contributed by atoms with E-state index >= 15 is 0 Å². The highest BCUT2D eigenvalue weighted by Gasteiger charge is 2.28. The van der Waals surface area contributed by atoms with Crippen LogP contribution in [0.5, 0.6) is 0 Å². The van der Waals surface area contributed by atoms with Gasteiger partial charge in [0, 0.05) is 25.5 Å². The van der Waals surface area contributed by atoms with Gasteiger partial charge in [-0.15, -0.1) is 0 Å². The molecule has 0 aliphatic carbocycles. The molecule has 1 amide bonds. The lowest BCUT2D eigenvalue weighted by Crippen LogP contribution is -2.40. The zero-order valence-electron chi connectivity index (χ0n) is 10.9. The Morgan fingerprint density at radius 1 is 1.40 bits per heavy atom. The Bertz CT molecular complexity index is 618. The van der Waals surface area contributed by atoms with Crippen LogP contribution in [0.3, 0.4) is 0 Å². The number of carbonyl (C=O) groups is 1. The number of piperidine rings is 1. The fourth-order valence-corrected chi connectivity index (χ4v) is 3.11. The van der Waals surface area contributed by atoms with Crippen LogP contribution in [-0.4, -0.2) is 38.7 Å². The van der Waals surface area contributed by atoms with Crippen LogP contribution in [-0.2, 0) is 4.79 Å². The Labute approximate surface area is 127 Å². The van der Waals surface area contributed by atoms with Crippen molar-refractivity contribution in [3.05, 3.63) is 30.1 Å². The van der Waals surface area contributed by atoms with Gasteiger partial charge in [0.05, 0.1) is 11.0 Å². The second-order valence-corrected chi connectivity index (χ2v) is 6.14. The van der Waals surface area contributed by atoms with Crippen molar-refractivity contribution in [1.29, 1.82) is 0 Å². The maximum absolute atomic E-state index is 11.7. The van der Waals surface area contributed by atoms with E-state index in [9.17, 15) is 4.79 Å². The summed E-state index contributed by atoms with van der Waals surface area (Å²) in [6.07, 6.45) is 5.67. The van der Waals surface area contributed by atoms with Crippen LogP contribution in [0.25, 0.3) is 11.0 Å². The number of rotatable bonds is 2. The number of amides is 1. The smallest absolute Gasteiger partial charge is 0.255 e. The summed E-state index contributed by atoms with van der Waals surface area (Å²) < 4.78 is 0. The van der Waals surface area contributed by atoms with Crippen molar-refractivity contribution in [2.75, 3.05) is 13.1 Å². The topological polar surface area (TPSA) is 49.0 Å². The number of aromatic amines is 1. The molecule has 0 atom stereocenters. The van der Waals surface area contributed by atoms with Crippen LogP contribution in [0.1, 0.15) is 24.3 Å². The number of nitrogens with zero attached hydrogens (tertiary/aromatic N) is 2. The molecule has 4 nitrogen and oxygen atoms in total. The fourth-order valence-electron chi connectivity index (χ4n) is 2.84. The Kier molecular flexibility index (Phi) is 3.85. The molecule has 2 aromatic heterocycles. The molecule has 20 heavy (non-hydrogen) atoms. The van der Waals surface area contributed by atoms with Gasteiger partial charge < -0.3 is 9.88 Å². The van der Waals surface area contributed by atoms with E-state index in [0.717, 1.165) is 23.9 Å². The minimum atomic E-state index is -0.957. The molecule has 0 bridgehead atoms. The van der Waals surface area contributed by atoms with Gasteiger partial charge in [0.25, 0.3) is 5.91 Å². The number of halogens is 2. The zero-order valence-corrected chi connectivity index (χ0v) is 12.4. The van der Waals surface area contributed by atoms with Crippen molar-refractivity contribution in [2.24, 2.45) is 0 Å². The lowest BCUT2D eigenvalue weighted by molar-refractivity contribution is -0.130. The molecule has 3 heterocycles. The molecule has 0 radical (unpaired) electrons. The van der Waals surface area contributed by atoms with Crippen molar-refractivity contribution >= 4 is 40.1 Å². The number of likely N-dealkylation sites (tertiary alicyclic amines) is 1. The van der Waals surface area contributed by atoms with Crippen molar-refractivity contribution in [1.82, 2.24) is 14.9 Å². The molecular formula is C14H15Cl2N3O. The first-order valence-corrected chi connectivity index (χ1v) is 7.53. The predicted octanol–water partition coefficient (Wildman–Crippen LogP) is 3.07. The normalized spacial score (nSPS) is 17.1. The van der Waals surface area contributed by atoms with Crippen molar-refractivity contribution in [3.63, 3.8) is 0 Å². The van der Waals surface area contributed by atoms with E-state index in [1.165, 1.54) is 5.56 Å². The molecule has 3 rings (SSSR count). The Hall–Kier alpha value is -1.26. The fraction of sp³-hybridized carbons (Fsp3) is 0.429. The first kappa shape index (κ1) is 13.7. The molecule has 1 N–H and O–H groups in total. The van der Waals surface area contributed by atoms with Gasteiger partial charge in [-0.2, -0.15) is 0 Å². The average molecular weight is 312 g/mol. The number of hydrogen-bond acceptors (Lipinski definition) is 2. The van der Waals surface area contributed by atoms with Gasteiger partial charge in [0.15, 0.2) is 4.84 Å². The van der Waals surface area contributed by atoms with Crippen LogP contribution in [0, 0.1) is 0 Å².